The molecule has 0 bridgehead atoms. The van der Waals surface area contributed by atoms with Crippen molar-refractivity contribution in [2.45, 2.75) is 36.5 Å². The van der Waals surface area contributed by atoms with E-state index in [1.165, 1.54) is 8.87 Å². The van der Waals surface area contributed by atoms with E-state index in [2.05, 4.69) is 19.9 Å². The lowest BCUT2D eigenvalue weighted by Crippen LogP contribution is -2.15. The van der Waals surface area contributed by atoms with E-state index >= 15 is 0 Å². The van der Waals surface area contributed by atoms with Gasteiger partial charge in [-0.1, -0.05) is 38.5 Å². The van der Waals surface area contributed by atoms with Crippen LogP contribution in [0.5, 0.6) is 0 Å². The topological polar surface area (TPSA) is 39.1 Å². The van der Waals surface area contributed by atoms with Crippen LogP contribution in [0.3, 0.4) is 0 Å². The third-order valence-corrected chi connectivity index (χ3v) is 6.56. The summed E-state index contributed by atoms with van der Waals surface area (Å²) < 4.78 is 27.9. The fourth-order valence-electron chi connectivity index (χ4n) is 2.89. The maximum absolute atomic E-state index is 13.2. The standard InChI is InChI=1S/C19H21NO2S2/c1-3-8-16-13-15-14-17(23-4-2)11-12-19(15)20(16)24(21,22)18-9-6-5-7-10-18/h5-7,9-14H,3-4,8H2,1-2H3. The van der Waals surface area contributed by atoms with E-state index < -0.39 is 10.0 Å². The smallest absolute Gasteiger partial charge is 0.238 e. The van der Waals surface area contributed by atoms with Crippen molar-refractivity contribution in [3.05, 3.63) is 60.3 Å². The molecule has 0 atom stereocenters. The van der Waals surface area contributed by atoms with Gasteiger partial charge < -0.3 is 0 Å². The summed E-state index contributed by atoms with van der Waals surface area (Å²) in [5.74, 6) is 0.996. The highest BCUT2D eigenvalue weighted by Crippen LogP contribution is 2.30. The minimum absolute atomic E-state index is 0.326. The molecule has 3 aromatic rings. The number of rotatable bonds is 6. The Labute approximate surface area is 147 Å². The fraction of sp³-hybridized carbons (Fsp3) is 0.263. The van der Waals surface area contributed by atoms with Gasteiger partial charge >= 0.3 is 0 Å². The van der Waals surface area contributed by atoms with Gasteiger partial charge in [0, 0.05) is 16.0 Å². The average Bonchev–Trinajstić information content (AvgIpc) is 2.94. The minimum atomic E-state index is -3.59. The zero-order chi connectivity index (χ0) is 17.2. The van der Waals surface area contributed by atoms with E-state index in [9.17, 15) is 8.42 Å². The van der Waals surface area contributed by atoms with Crippen molar-refractivity contribution in [2.24, 2.45) is 0 Å². The number of fused-ring (bicyclic) bond motifs is 1. The van der Waals surface area contributed by atoms with Gasteiger partial charge in [-0.05, 0) is 48.6 Å². The van der Waals surface area contributed by atoms with Gasteiger partial charge in [-0.25, -0.2) is 12.4 Å². The number of hydrogen-bond donors (Lipinski definition) is 0. The van der Waals surface area contributed by atoms with Gasteiger partial charge in [-0.15, -0.1) is 11.8 Å². The Morgan fingerprint density at radius 1 is 1.00 bits per heavy atom. The Hall–Kier alpha value is -1.72. The van der Waals surface area contributed by atoms with Crippen molar-refractivity contribution < 1.29 is 8.42 Å². The Kier molecular flexibility index (Phi) is 5.01. The molecule has 126 valence electrons. The largest absolute Gasteiger partial charge is 0.268 e. The van der Waals surface area contributed by atoms with Crippen LogP contribution in [0.4, 0.5) is 0 Å². The van der Waals surface area contributed by atoms with Gasteiger partial charge in [0.15, 0.2) is 0 Å². The van der Waals surface area contributed by atoms with Crippen LogP contribution in [-0.2, 0) is 16.4 Å². The average molecular weight is 360 g/mol. The summed E-state index contributed by atoms with van der Waals surface area (Å²) >= 11 is 1.76. The van der Waals surface area contributed by atoms with Gasteiger partial charge in [-0.3, -0.25) is 0 Å². The second-order valence-corrected chi connectivity index (χ2v) is 8.75. The molecule has 0 unspecified atom stereocenters. The molecule has 0 spiro atoms. The molecule has 0 radical (unpaired) electrons. The molecular formula is C19H21NO2S2. The van der Waals surface area contributed by atoms with E-state index in [1.54, 1.807) is 36.0 Å². The molecule has 1 aromatic heterocycles. The SMILES string of the molecule is CCCc1cc2cc(SCC)ccc2n1S(=O)(=O)c1ccccc1. The highest BCUT2D eigenvalue weighted by Gasteiger charge is 2.22. The lowest BCUT2D eigenvalue weighted by atomic mass is 10.2. The summed E-state index contributed by atoms with van der Waals surface area (Å²) in [5, 5.41) is 0.983. The summed E-state index contributed by atoms with van der Waals surface area (Å²) in [6.45, 7) is 4.18. The van der Waals surface area contributed by atoms with E-state index in [0.717, 1.165) is 35.2 Å². The summed E-state index contributed by atoms with van der Waals surface area (Å²) in [7, 11) is -3.59. The predicted molar refractivity (Wildman–Crippen MR) is 101 cm³/mol. The molecule has 5 heteroatoms. The number of nitrogens with zero attached hydrogens (tertiary/aromatic N) is 1. The highest BCUT2D eigenvalue weighted by molar-refractivity contribution is 7.99. The molecule has 24 heavy (non-hydrogen) atoms. The molecule has 0 saturated heterocycles. The van der Waals surface area contributed by atoms with Crippen molar-refractivity contribution >= 4 is 32.7 Å². The van der Waals surface area contributed by atoms with Crippen molar-refractivity contribution in [2.75, 3.05) is 5.75 Å². The van der Waals surface area contributed by atoms with Crippen LogP contribution in [0, 0.1) is 0 Å². The third-order valence-electron chi connectivity index (χ3n) is 3.90. The van der Waals surface area contributed by atoms with Gasteiger partial charge in [0.05, 0.1) is 10.4 Å². The number of hydrogen-bond acceptors (Lipinski definition) is 3. The summed E-state index contributed by atoms with van der Waals surface area (Å²) in [6, 6.07) is 16.7. The Morgan fingerprint density at radius 3 is 2.42 bits per heavy atom. The number of aryl methyl sites for hydroxylation is 1. The van der Waals surface area contributed by atoms with Crippen LogP contribution in [0.1, 0.15) is 26.0 Å². The van der Waals surface area contributed by atoms with Gasteiger partial charge in [0.2, 0.25) is 0 Å². The maximum atomic E-state index is 13.2. The van der Waals surface area contributed by atoms with Gasteiger partial charge in [0.25, 0.3) is 10.0 Å². The Bertz CT molecular complexity index is 944. The van der Waals surface area contributed by atoms with Crippen LogP contribution in [0.2, 0.25) is 0 Å². The highest BCUT2D eigenvalue weighted by atomic mass is 32.2. The van der Waals surface area contributed by atoms with Gasteiger partial charge in [-0.2, -0.15) is 0 Å². The molecule has 0 amide bonds. The predicted octanol–water partition coefficient (Wildman–Crippen LogP) is 4.94. The first-order chi connectivity index (χ1) is 11.6. The minimum Gasteiger partial charge on any atom is -0.238 e. The third kappa shape index (κ3) is 3.10. The van der Waals surface area contributed by atoms with Crippen LogP contribution in [0.25, 0.3) is 10.9 Å². The van der Waals surface area contributed by atoms with Crippen LogP contribution in [-0.4, -0.2) is 18.1 Å². The lowest BCUT2D eigenvalue weighted by Gasteiger charge is -2.12. The molecule has 0 saturated carbocycles. The normalized spacial score (nSPS) is 11.9. The zero-order valence-electron chi connectivity index (χ0n) is 13.9. The van der Waals surface area contributed by atoms with Crippen molar-refractivity contribution in [3.8, 4) is 0 Å². The first-order valence-electron chi connectivity index (χ1n) is 8.15. The maximum Gasteiger partial charge on any atom is 0.268 e. The quantitative estimate of drug-likeness (QED) is 0.585. The molecule has 0 aliphatic rings. The van der Waals surface area contributed by atoms with Crippen LogP contribution >= 0.6 is 11.8 Å². The molecule has 0 aliphatic heterocycles. The monoisotopic (exact) mass is 359 g/mol. The summed E-state index contributed by atoms with van der Waals surface area (Å²) in [4.78, 5) is 1.49. The molecule has 1 heterocycles. The van der Waals surface area contributed by atoms with Crippen molar-refractivity contribution in [1.29, 1.82) is 0 Å². The lowest BCUT2D eigenvalue weighted by molar-refractivity contribution is 0.586. The van der Waals surface area contributed by atoms with Crippen molar-refractivity contribution in [1.82, 2.24) is 3.97 Å². The van der Waals surface area contributed by atoms with Crippen LogP contribution in [0.15, 0.2) is 64.4 Å². The zero-order valence-corrected chi connectivity index (χ0v) is 15.5. The number of aromatic nitrogens is 1. The van der Waals surface area contributed by atoms with E-state index in [0.29, 0.717) is 4.90 Å². The van der Waals surface area contributed by atoms with Crippen LogP contribution < -0.4 is 0 Å². The first-order valence-corrected chi connectivity index (χ1v) is 10.6. The second-order valence-electron chi connectivity index (χ2n) is 5.62. The van der Waals surface area contributed by atoms with Crippen molar-refractivity contribution in [3.63, 3.8) is 0 Å². The number of benzene rings is 2. The Morgan fingerprint density at radius 2 is 1.75 bits per heavy atom. The molecule has 3 nitrogen and oxygen atoms in total. The molecule has 0 N–H and O–H groups in total. The van der Waals surface area contributed by atoms with E-state index in [4.69, 9.17) is 0 Å². The summed E-state index contributed by atoms with van der Waals surface area (Å²) in [6.07, 6.45) is 1.63. The Balaban J connectivity index is 2.23. The molecular weight excluding hydrogens is 338 g/mol. The fourth-order valence-corrected chi connectivity index (χ4v) is 5.19. The molecule has 0 fully saturated rings. The molecule has 3 rings (SSSR count). The van der Waals surface area contributed by atoms with E-state index in [1.807, 2.05) is 24.3 Å². The summed E-state index contributed by atoms with van der Waals surface area (Å²) in [5.41, 5.74) is 1.60. The first kappa shape index (κ1) is 17.1. The number of thioether (sulfide) groups is 1. The van der Waals surface area contributed by atoms with E-state index in [-0.39, 0.29) is 0 Å². The second kappa shape index (κ2) is 7.03. The molecule has 2 aromatic carbocycles. The molecule has 0 aliphatic carbocycles. The van der Waals surface area contributed by atoms with Gasteiger partial charge in [0.1, 0.15) is 0 Å².